The van der Waals surface area contributed by atoms with Crippen LogP contribution in [0.25, 0.3) is 0 Å². The molecule has 1 atom stereocenters. The molecule has 1 rings (SSSR count). The van der Waals surface area contributed by atoms with E-state index in [1.165, 1.54) is 38.5 Å². The minimum Gasteiger partial charge on any atom is -0.342 e. The fraction of sp³-hybridized carbons (Fsp3) is 0.933. The number of carbonyl (C=O) groups excluding carboxylic acids is 1. The van der Waals surface area contributed by atoms with Crippen molar-refractivity contribution in [3.63, 3.8) is 0 Å². The average molecular weight is 239 g/mol. The van der Waals surface area contributed by atoms with Crippen LogP contribution in [0.15, 0.2) is 0 Å². The van der Waals surface area contributed by atoms with E-state index in [1.54, 1.807) is 6.92 Å². The van der Waals surface area contributed by atoms with Crippen molar-refractivity contribution in [3.05, 3.63) is 0 Å². The molecule has 0 radical (unpaired) electrons. The lowest BCUT2D eigenvalue weighted by Crippen LogP contribution is -2.55. The summed E-state index contributed by atoms with van der Waals surface area (Å²) in [4.78, 5) is 13.2. The number of nitrogens with zero attached hydrogens (tertiary/aromatic N) is 1. The largest absolute Gasteiger partial charge is 0.342 e. The van der Waals surface area contributed by atoms with Gasteiger partial charge in [-0.3, -0.25) is 4.79 Å². The van der Waals surface area contributed by atoms with Crippen LogP contribution >= 0.6 is 0 Å². The maximum absolute atomic E-state index is 11.2. The molecule has 1 aliphatic rings. The van der Waals surface area contributed by atoms with Gasteiger partial charge >= 0.3 is 0 Å². The SMILES string of the molecule is CCCCCCC(C)(CC)C1CN(C(C)=O)C1. The Kier molecular flexibility index (Phi) is 5.48. The first-order chi connectivity index (χ1) is 8.03. The molecule has 0 aromatic carbocycles. The first kappa shape index (κ1) is 14.5. The number of rotatable bonds is 7. The van der Waals surface area contributed by atoms with Crippen molar-refractivity contribution in [2.45, 2.75) is 66.2 Å². The molecule has 0 aliphatic carbocycles. The van der Waals surface area contributed by atoms with Gasteiger partial charge in [0.15, 0.2) is 0 Å². The topological polar surface area (TPSA) is 20.3 Å². The van der Waals surface area contributed by atoms with E-state index in [2.05, 4.69) is 20.8 Å². The summed E-state index contributed by atoms with van der Waals surface area (Å²) >= 11 is 0. The standard InChI is InChI=1S/C15H29NO/c1-5-7-8-9-10-15(4,6-2)14-11-16(12-14)13(3)17/h14H,5-12H2,1-4H3. The van der Waals surface area contributed by atoms with Gasteiger partial charge in [0.2, 0.25) is 5.91 Å². The van der Waals surface area contributed by atoms with E-state index < -0.39 is 0 Å². The summed E-state index contributed by atoms with van der Waals surface area (Å²) in [6.45, 7) is 10.6. The second-order valence-corrected chi connectivity index (χ2v) is 5.94. The molecule has 2 heteroatoms. The Hall–Kier alpha value is -0.530. The van der Waals surface area contributed by atoms with E-state index in [0.29, 0.717) is 5.41 Å². The van der Waals surface area contributed by atoms with Crippen LogP contribution in [0.4, 0.5) is 0 Å². The molecular weight excluding hydrogens is 210 g/mol. The number of unbranched alkanes of at least 4 members (excludes halogenated alkanes) is 3. The monoisotopic (exact) mass is 239 g/mol. The van der Waals surface area contributed by atoms with Crippen LogP contribution in [0.5, 0.6) is 0 Å². The molecule has 0 N–H and O–H groups in total. The van der Waals surface area contributed by atoms with Gasteiger partial charge in [-0.1, -0.05) is 52.9 Å². The van der Waals surface area contributed by atoms with Gasteiger partial charge in [-0.25, -0.2) is 0 Å². The van der Waals surface area contributed by atoms with E-state index in [4.69, 9.17) is 0 Å². The first-order valence-corrected chi connectivity index (χ1v) is 7.29. The summed E-state index contributed by atoms with van der Waals surface area (Å²) in [5.74, 6) is 0.976. The average Bonchev–Trinajstić information content (AvgIpc) is 2.22. The van der Waals surface area contributed by atoms with Crippen molar-refractivity contribution in [3.8, 4) is 0 Å². The lowest BCUT2D eigenvalue weighted by Gasteiger charge is -2.49. The van der Waals surface area contributed by atoms with Crippen LogP contribution < -0.4 is 0 Å². The third-order valence-corrected chi connectivity index (χ3v) is 4.72. The van der Waals surface area contributed by atoms with Gasteiger partial charge in [0.1, 0.15) is 0 Å². The van der Waals surface area contributed by atoms with Crippen LogP contribution in [0, 0.1) is 11.3 Å². The Labute approximate surface area is 107 Å². The minimum absolute atomic E-state index is 0.241. The van der Waals surface area contributed by atoms with Crippen molar-refractivity contribution in [2.75, 3.05) is 13.1 Å². The maximum Gasteiger partial charge on any atom is 0.219 e. The maximum atomic E-state index is 11.2. The molecule has 0 bridgehead atoms. The highest BCUT2D eigenvalue weighted by Crippen LogP contribution is 2.41. The fourth-order valence-corrected chi connectivity index (χ4v) is 2.80. The molecule has 2 nitrogen and oxygen atoms in total. The first-order valence-electron chi connectivity index (χ1n) is 7.29. The molecule has 0 aromatic rings. The van der Waals surface area contributed by atoms with E-state index >= 15 is 0 Å². The zero-order valence-corrected chi connectivity index (χ0v) is 12.1. The van der Waals surface area contributed by atoms with Gasteiger partial charge in [-0.15, -0.1) is 0 Å². The van der Waals surface area contributed by atoms with Crippen LogP contribution in [-0.4, -0.2) is 23.9 Å². The Morgan fingerprint density at radius 2 is 1.88 bits per heavy atom. The molecule has 17 heavy (non-hydrogen) atoms. The van der Waals surface area contributed by atoms with Gasteiger partial charge < -0.3 is 4.90 Å². The van der Waals surface area contributed by atoms with E-state index in [0.717, 1.165) is 19.0 Å². The number of carbonyl (C=O) groups is 1. The Morgan fingerprint density at radius 3 is 2.35 bits per heavy atom. The Bertz CT molecular complexity index is 245. The second-order valence-electron chi connectivity index (χ2n) is 5.94. The molecule has 1 aliphatic heterocycles. The molecule has 1 fully saturated rings. The molecular formula is C15H29NO. The third kappa shape index (κ3) is 3.72. The van der Waals surface area contributed by atoms with Crippen molar-refractivity contribution in [1.29, 1.82) is 0 Å². The highest BCUT2D eigenvalue weighted by Gasteiger charge is 2.40. The number of hydrogen-bond donors (Lipinski definition) is 0. The highest BCUT2D eigenvalue weighted by atomic mass is 16.2. The van der Waals surface area contributed by atoms with Crippen LogP contribution in [-0.2, 0) is 4.79 Å². The summed E-state index contributed by atoms with van der Waals surface area (Å²) < 4.78 is 0. The van der Waals surface area contributed by atoms with Gasteiger partial charge in [-0.2, -0.15) is 0 Å². The summed E-state index contributed by atoms with van der Waals surface area (Å²) in [5, 5.41) is 0. The van der Waals surface area contributed by atoms with Gasteiger partial charge in [0.25, 0.3) is 0 Å². The minimum atomic E-state index is 0.241. The van der Waals surface area contributed by atoms with Crippen molar-refractivity contribution in [1.82, 2.24) is 4.90 Å². The summed E-state index contributed by atoms with van der Waals surface area (Å²) in [6.07, 6.45) is 7.98. The molecule has 0 spiro atoms. The zero-order valence-electron chi connectivity index (χ0n) is 12.1. The number of hydrogen-bond acceptors (Lipinski definition) is 1. The smallest absolute Gasteiger partial charge is 0.219 e. The molecule has 1 heterocycles. The van der Waals surface area contributed by atoms with E-state index in [9.17, 15) is 4.79 Å². The molecule has 0 aromatic heterocycles. The highest BCUT2D eigenvalue weighted by molar-refractivity contribution is 5.74. The predicted molar refractivity (Wildman–Crippen MR) is 72.9 cm³/mol. The lowest BCUT2D eigenvalue weighted by atomic mass is 9.68. The normalized spacial score (nSPS) is 19.9. The molecule has 1 amide bonds. The molecule has 0 saturated carbocycles. The van der Waals surface area contributed by atoms with Crippen molar-refractivity contribution >= 4 is 5.91 Å². The quantitative estimate of drug-likeness (QED) is 0.618. The third-order valence-electron chi connectivity index (χ3n) is 4.72. The van der Waals surface area contributed by atoms with Crippen molar-refractivity contribution in [2.24, 2.45) is 11.3 Å². The van der Waals surface area contributed by atoms with Crippen LogP contribution in [0.3, 0.4) is 0 Å². The number of amides is 1. The Balaban J connectivity index is 2.33. The zero-order chi connectivity index (χ0) is 12.9. The van der Waals surface area contributed by atoms with Gasteiger partial charge in [0, 0.05) is 20.0 Å². The van der Waals surface area contributed by atoms with E-state index in [-0.39, 0.29) is 5.91 Å². The summed E-state index contributed by atoms with van der Waals surface area (Å²) in [5.41, 5.74) is 0.458. The predicted octanol–water partition coefficient (Wildman–Crippen LogP) is 3.85. The van der Waals surface area contributed by atoms with Crippen molar-refractivity contribution < 1.29 is 4.79 Å². The van der Waals surface area contributed by atoms with Crippen LogP contribution in [0.1, 0.15) is 66.2 Å². The molecule has 1 saturated heterocycles. The Morgan fingerprint density at radius 1 is 1.24 bits per heavy atom. The second kappa shape index (κ2) is 6.42. The van der Waals surface area contributed by atoms with Crippen LogP contribution in [0.2, 0.25) is 0 Å². The fourth-order valence-electron chi connectivity index (χ4n) is 2.80. The summed E-state index contributed by atoms with van der Waals surface area (Å²) in [7, 11) is 0. The van der Waals surface area contributed by atoms with E-state index in [1.807, 2.05) is 4.90 Å². The van der Waals surface area contributed by atoms with Gasteiger partial charge in [-0.05, 0) is 17.8 Å². The summed E-state index contributed by atoms with van der Waals surface area (Å²) in [6, 6.07) is 0. The lowest BCUT2D eigenvalue weighted by molar-refractivity contribution is -0.138. The molecule has 100 valence electrons. The van der Waals surface area contributed by atoms with Gasteiger partial charge in [0.05, 0.1) is 0 Å². The molecule has 1 unspecified atom stereocenters. The number of likely N-dealkylation sites (tertiary alicyclic amines) is 1.